The molecule has 0 aromatic heterocycles. The van der Waals surface area contributed by atoms with Crippen LogP contribution in [0.4, 0.5) is 0 Å². The molecule has 0 N–H and O–H groups in total. The van der Waals surface area contributed by atoms with Gasteiger partial charge in [0.05, 0.1) is 13.2 Å². The van der Waals surface area contributed by atoms with Crippen molar-refractivity contribution in [2.24, 2.45) is 11.8 Å². The van der Waals surface area contributed by atoms with Crippen LogP contribution in [0, 0.1) is 11.8 Å². The van der Waals surface area contributed by atoms with Crippen LogP contribution in [0.3, 0.4) is 0 Å². The predicted molar refractivity (Wildman–Crippen MR) is 101 cm³/mol. The van der Waals surface area contributed by atoms with E-state index in [-0.39, 0.29) is 6.29 Å². The summed E-state index contributed by atoms with van der Waals surface area (Å²) in [6.45, 7) is 13.1. The van der Waals surface area contributed by atoms with Crippen LogP contribution in [0.5, 0.6) is 0 Å². The molecule has 0 radical (unpaired) electrons. The lowest BCUT2D eigenvalue weighted by molar-refractivity contribution is -0.144. The van der Waals surface area contributed by atoms with E-state index in [0.29, 0.717) is 11.8 Å². The van der Waals surface area contributed by atoms with Gasteiger partial charge in [0.15, 0.2) is 6.29 Å². The van der Waals surface area contributed by atoms with Crippen molar-refractivity contribution in [3.8, 4) is 0 Å². The molecular weight excluding hydrogens is 291 g/mol. The van der Waals surface area contributed by atoms with Crippen molar-refractivity contribution in [1.82, 2.24) is 0 Å². The maximum absolute atomic E-state index is 6.12. The van der Waals surface area contributed by atoms with Gasteiger partial charge in [-0.15, -0.1) is 8.58 Å². The van der Waals surface area contributed by atoms with Gasteiger partial charge < -0.3 is 9.47 Å². The summed E-state index contributed by atoms with van der Waals surface area (Å²) >= 11 is 0. The fourth-order valence-electron chi connectivity index (χ4n) is 2.62. The molecule has 0 aliphatic rings. The Bertz CT molecular complexity index is 203. The van der Waals surface area contributed by atoms with Gasteiger partial charge in [0.25, 0.3) is 0 Å². The molecule has 0 heterocycles. The van der Waals surface area contributed by atoms with Gasteiger partial charge in [-0.3, -0.25) is 0 Å². The summed E-state index contributed by atoms with van der Waals surface area (Å²) in [5, 5.41) is 0. The normalized spacial score (nSPS) is 16.2. The maximum Gasteiger partial charge on any atom is 0.161 e. The summed E-state index contributed by atoms with van der Waals surface area (Å²) in [6.07, 6.45) is 11.3. The molecule has 0 bridgehead atoms. The molecule has 0 aromatic carbocycles. The third kappa shape index (κ3) is 11.9. The molecule has 22 heavy (non-hydrogen) atoms. The molecule has 0 aliphatic heterocycles. The fraction of sp³-hybridized carbons (Fsp3) is 1.00. The Labute approximate surface area is 141 Å². The SMILES string of the molecule is CCCCC(CC)COC(CPC)OCC(CC)CCCC. The summed E-state index contributed by atoms with van der Waals surface area (Å²) in [6, 6.07) is 0. The van der Waals surface area contributed by atoms with Crippen molar-refractivity contribution < 1.29 is 9.47 Å². The highest BCUT2D eigenvalue weighted by atomic mass is 31.1. The van der Waals surface area contributed by atoms with E-state index in [1.165, 1.54) is 51.4 Å². The van der Waals surface area contributed by atoms with Gasteiger partial charge in [0.1, 0.15) is 0 Å². The van der Waals surface area contributed by atoms with Gasteiger partial charge in [0.2, 0.25) is 0 Å². The minimum atomic E-state index is 0.0229. The van der Waals surface area contributed by atoms with Crippen LogP contribution < -0.4 is 0 Å². The van der Waals surface area contributed by atoms with E-state index in [9.17, 15) is 0 Å². The number of hydrogen-bond acceptors (Lipinski definition) is 2. The Kier molecular flexibility index (Phi) is 16.5. The zero-order chi connectivity index (χ0) is 16.6. The van der Waals surface area contributed by atoms with Crippen LogP contribution in [-0.2, 0) is 9.47 Å². The van der Waals surface area contributed by atoms with Gasteiger partial charge in [0, 0.05) is 6.16 Å². The third-order valence-corrected chi connectivity index (χ3v) is 5.23. The van der Waals surface area contributed by atoms with Gasteiger partial charge in [-0.2, -0.15) is 0 Å². The number of ether oxygens (including phenoxy) is 2. The van der Waals surface area contributed by atoms with Crippen molar-refractivity contribution in [3.05, 3.63) is 0 Å². The topological polar surface area (TPSA) is 18.5 Å². The molecule has 3 atom stereocenters. The maximum atomic E-state index is 6.12. The summed E-state index contributed by atoms with van der Waals surface area (Å²) in [5.74, 6) is 1.40. The van der Waals surface area contributed by atoms with Gasteiger partial charge in [-0.25, -0.2) is 0 Å². The number of rotatable bonds is 16. The van der Waals surface area contributed by atoms with Crippen LogP contribution in [0.2, 0.25) is 0 Å². The molecule has 3 heteroatoms. The Hall–Kier alpha value is 0.350. The first-order valence-electron chi connectivity index (χ1n) is 9.59. The zero-order valence-electron chi connectivity index (χ0n) is 15.8. The van der Waals surface area contributed by atoms with E-state index in [1.807, 2.05) is 0 Å². The molecule has 0 rings (SSSR count). The minimum absolute atomic E-state index is 0.0229. The first-order valence-corrected chi connectivity index (χ1v) is 11.3. The average Bonchev–Trinajstić information content (AvgIpc) is 2.54. The van der Waals surface area contributed by atoms with Crippen molar-refractivity contribution >= 4 is 8.58 Å². The standard InChI is InChI=1S/C19H41O2P/c1-6-10-12-17(8-3)14-20-19(16-22-5)21-15-18(9-4)13-11-7-2/h17-19,22H,6-16H2,1-5H3. The molecule has 0 spiro atoms. The molecule has 2 nitrogen and oxygen atoms in total. The summed E-state index contributed by atoms with van der Waals surface area (Å²) < 4.78 is 12.2. The zero-order valence-corrected chi connectivity index (χ0v) is 16.8. The fourth-order valence-corrected chi connectivity index (χ4v) is 3.18. The Morgan fingerprint density at radius 1 is 0.773 bits per heavy atom. The lowest BCUT2D eigenvalue weighted by atomic mass is 10.0. The lowest BCUT2D eigenvalue weighted by Gasteiger charge is -2.24. The summed E-state index contributed by atoms with van der Waals surface area (Å²) in [5.41, 5.74) is 0. The van der Waals surface area contributed by atoms with Crippen LogP contribution >= 0.6 is 8.58 Å². The van der Waals surface area contributed by atoms with Crippen molar-refractivity contribution in [2.75, 3.05) is 26.0 Å². The molecule has 0 amide bonds. The van der Waals surface area contributed by atoms with E-state index in [1.54, 1.807) is 0 Å². The Balaban J connectivity index is 4.11. The van der Waals surface area contributed by atoms with Crippen LogP contribution in [0.1, 0.15) is 79.1 Å². The van der Waals surface area contributed by atoms with Crippen molar-refractivity contribution in [2.45, 2.75) is 85.4 Å². The van der Waals surface area contributed by atoms with Crippen LogP contribution in [-0.4, -0.2) is 32.3 Å². The highest BCUT2D eigenvalue weighted by Crippen LogP contribution is 2.19. The van der Waals surface area contributed by atoms with E-state index in [4.69, 9.17) is 9.47 Å². The van der Waals surface area contributed by atoms with Gasteiger partial charge >= 0.3 is 0 Å². The van der Waals surface area contributed by atoms with Crippen molar-refractivity contribution in [1.29, 1.82) is 0 Å². The molecule has 3 unspecified atom stereocenters. The molecule has 0 aromatic rings. The predicted octanol–water partition coefficient (Wildman–Crippen LogP) is 6.09. The highest BCUT2D eigenvalue weighted by Gasteiger charge is 2.15. The quantitative estimate of drug-likeness (QED) is 0.252. The van der Waals surface area contributed by atoms with Crippen LogP contribution in [0.15, 0.2) is 0 Å². The van der Waals surface area contributed by atoms with Crippen LogP contribution in [0.25, 0.3) is 0 Å². The third-order valence-electron chi connectivity index (χ3n) is 4.49. The molecule has 0 saturated carbocycles. The lowest BCUT2D eigenvalue weighted by Crippen LogP contribution is -2.26. The second kappa shape index (κ2) is 16.2. The first-order chi connectivity index (χ1) is 10.7. The molecule has 134 valence electrons. The summed E-state index contributed by atoms with van der Waals surface area (Å²) in [4.78, 5) is 0. The van der Waals surface area contributed by atoms with Gasteiger partial charge in [-0.1, -0.05) is 66.2 Å². The molecule has 0 saturated heterocycles. The van der Waals surface area contributed by atoms with E-state index >= 15 is 0 Å². The Morgan fingerprint density at radius 3 is 1.55 bits per heavy atom. The highest BCUT2D eigenvalue weighted by molar-refractivity contribution is 7.37. The number of hydrogen-bond donors (Lipinski definition) is 0. The largest absolute Gasteiger partial charge is 0.352 e. The molecule has 0 aliphatic carbocycles. The monoisotopic (exact) mass is 332 g/mol. The number of unbranched alkanes of at least 4 members (excludes halogenated alkanes) is 2. The van der Waals surface area contributed by atoms with E-state index in [2.05, 4.69) is 34.4 Å². The smallest absolute Gasteiger partial charge is 0.161 e. The average molecular weight is 333 g/mol. The minimum Gasteiger partial charge on any atom is -0.352 e. The van der Waals surface area contributed by atoms with Gasteiger partial charge in [-0.05, 0) is 31.3 Å². The molecule has 0 fully saturated rings. The van der Waals surface area contributed by atoms with E-state index in [0.717, 1.165) is 28.0 Å². The van der Waals surface area contributed by atoms with E-state index < -0.39 is 0 Å². The first kappa shape index (κ1) is 22.4. The van der Waals surface area contributed by atoms with Crippen molar-refractivity contribution in [3.63, 3.8) is 0 Å². The second-order valence-electron chi connectivity index (χ2n) is 6.49. The summed E-state index contributed by atoms with van der Waals surface area (Å²) in [7, 11) is 0.898. The Morgan fingerprint density at radius 2 is 1.23 bits per heavy atom. The molecular formula is C19H41O2P. The second-order valence-corrected chi connectivity index (χ2v) is 7.60.